The summed E-state index contributed by atoms with van der Waals surface area (Å²) in [7, 11) is 0. The van der Waals surface area contributed by atoms with Crippen molar-refractivity contribution >= 4 is 5.91 Å². The molecule has 1 aliphatic carbocycles. The minimum Gasteiger partial charge on any atom is -0.395 e. The van der Waals surface area contributed by atoms with Crippen molar-refractivity contribution in [1.29, 1.82) is 0 Å². The number of amides is 1. The molecule has 2 rings (SSSR count). The van der Waals surface area contributed by atoms with Crippen molar-refractivity contribution in [3.05, 3.63) is 0 Å². The quantitative estimate of drug-likeness (QED) is 0.782. The number of carbonyl (C=O) groups excluding carboxylic acids is 1. The first-order chi connectivity index (χ1) is 10.2. The fourth-order valence-electron chi connectivity index (χ4n) is 3.63. The summed E-state index contributed by atoms with van der Waals surface area (Å²) < 4.78 is 0. The highest BCUT2D eigenvalue weighted by Gasteiger charge is 2.25. The van der Waals surface area contributed by atoms with E-state index in [4.69, 9.17) is 10.8 Å². The van der Waals surface area contributed by atoms with Gasteiger partial charge in [-0.1, -0.05) is 0 Å². The molecule has 0 unspecified atom stereocenters. The van der Waals surface area contributed by atoms with Gasteiger partial charge in [-0.15, -0.1) is 0 Å². The zero-order chi connectivity index (χ0) is 15.1. The number of carbonyl (C=O) groups is 1. The maximum absolute atomic E-state index is 12.5. The minimum absolute atomic E-state index is 0.207. The molecule has 1 heterocycles. The summed E-state index contributed by atoms with van der Waals surface area (Å²) in [6.07, 6.45) is 6.45. The lowest BCUT2D eigenvalue weighted by atomic mass is 9.80. The number of nitrogens with zero attached hydrogens (tertiary/aromatic N) is 2. The second-order valence-electron chi connectivity index (χ2n) is 6.63. The number of aliphatic hydroxyl groups excluding tert-OH is 1. The van der Waals surface area contributed by atoms with Crippen molar-refractivity contribution in [2.75, 3.05) is 45.9 Å². The van der Waals surface area contributed by atoms with Crippen molar-refractivity contribution < 1.29 is 9.90 Å². The van der Waals surface area contributed by atoms with E-state index in [0.717, 1.165) is 65.0 Å². The van der Waals surface area contributed by atoms with Gasteiger partial charge < -0.3 is 15.7 Å². The van der Waals surface area contributed by atoms with Crippen LogP contribution in [0.3, 0.4) is 0 Å². The summed E-state index contributed by atoms with van der Waals surface area (Å²) in [5.74, 6) is 1.58. The van der Waals surface area contributed by atoms with Gasteiger partial charge in [0.2, 0.25) is 5.91 Å². The molecule has 0 aromatic heterocycles. The van der Waals surface area contributed by atoms with Crippen molar-refractivity contribution in [2.45, 2.75) is 38.5 Å². The van der Waals surface area contributed by atoms with Gasteiger partial charge in [-0.05, 0) is 57.0 Å². The molecule has 0 bridgehead atoms. The van der Waals surface area contributed by atoms with Crippen molar-refractivity contribution in [1.82, 2.24) is 9.80 Å². The number of hydrogen-bond donors (Lipinski definition) is 2. The summed E-state index contributed by atoms with van der Waals surface area (Å²) >= 11 is 0. The van der Waals surface area contributed by atoms with Crippen LogP contribution < -0.4 is 5.73 Å². The van der Waals surface area contributed by atoms with Crippen LogP contribution in [-0.2, 0) is 4.79 Å². The van der Waals surface area contributed by atoms with E-state index in [9.17, 15) is 4.79 Å². The standard InChI is InChI=1S/C16H31N3O2/c17-13-15-4-2-14(3-5-15)12-16(21)19-7-1-6-18(8-9-19)10-11-20/h14-15,20H,1-13,17H2. The van der Waals surface area contributed by atoms with E-state index in [0.29, 0.717) is 17.7 Å². The second kappa shape index (κ2) is 8.71. The van der Waals surface area contributed by atoms with Crippen LogP contribution in [0.5, 0.6) is 0 Å². The van der Waals surface area contributed by atoms with Crippen molar-refractivity contribution in [3.8, 4) is 0 Å². The molecule has 122 valence electrons. The molecule has 5 nitrogen and oxygen atoms in total. The van der Waals surface area contributed by atoms with Crippen LogP contribution in [0.15, 0.2) is 0 Å². The summed E-state index contributed by atoms with van der Waals surface area (Å²) in [4.78, 5) is 16.8. The van der Waals surface area contributed by atoms with Gasteiger partial charge >= 0.3 is 0 Å². The molecule has 3 N–H and O–H groups in total. The molecule has 1 saturated heterocycles. The molecular formula is C16H31N3O2. The molecule has 1 saturated carbocycles. The van der Waals surface area contributed by atoms with E-state index < -0.39 is 0 Å². The van der Waals surface area contributed by atoms with Gasteiger partial charge in [0.1, 0.15) is 0 Å². The highest BCUT2D eigenvalue weighted by Crippen LogP contribution is 2.30. The van der Waals surface area contributed by atoms with Crippen LogP contribution in [0.4, 0.5) is 0 Å². The van der Waals surface area contributed by atoms with E-state index in [1.165, 1.54) is 12.8 Å². The molecule has 1 amide bonds. The monoisotopic (exact) mass is 297 g/mol. The Bertz CT molecular complexity index is 317. The molecule has 0 aromatic carbocycles. The molecular weight excluding hydrogens is 266 g/mol. The van der Waals surface area contributed by atoms with Crippen molar-refractivity contribution in [2.24, 2.45) is 17.6 Å². The van der Waals surface area contributed by atoms with E-state index in [-0.39, 0.29) is 6.61 Å². The predicted octanol–water partition coefficient (Wildman–Crippen LogP) is 0.668. The number of nitrogens with two attached hydrogens (primary N) is 1. The van der Waals surface area contributed by atoms with Crippen molar-refractivity contribution in [3.63, 3.8) is 0 Å². The minimum atomic E-state index is 0.207. The van der Waals surface area contributed by atoms with Gasteiger partial charge in [0.15, 0.2) is 0 Å². The zero-order valence-corrected chi connectivity index (χ0v) is 13.2. The summed E-state index contributed by atoms with van der Waals surface area (Å²) in [5, 5.41) is 9.01. The van der Waals surface area contributed by atoms with E-state index in [2.05, 4.69) is 4.90 Å². The smallest absolute Gasteiger partial charge is 0.222 e. The lowest BCUT2D eigenvalue weighted by molar-refractivity contribution is -0.132. The number of β-amino-alcohol motifs (C(OH)–C–C–N with tert-alkyl or cyclic N) is 1. The Hall–Kier alpha value is -0.650. The number of rotatable bonds is 5. The Morgan fingerprint density at radius 3 is 2.43 bits per heavy atom. The van der Waals surface area contributed by atoms with Gasteiger partial charge in [0.25, 0.3) is 0 Å². The van der Waals surface area contributed by atoms with Gasteiger partial charge in [-0.25, -0.2) is 0 Å². The Balaban J connectivity index is 1.73. The molecule has 1 aliphatic heterocycles. The number of aliphatic hydroxyl groups is 1. The highest BCUT2D eigenvalue weighted by molar-refractivity contribution is 5.76. The van der Waals surface area contributed by atoms with Gasteiger partial charge in [-0.2, -0.15) is 0 Å². The molecule has 21 heavy (non-hydrogen) atoms. The highest BCUT2D eigenvalue weighted by atomic mass is 16.3. The summed E-state index contributed by atoms with van der Waals surface area (Å²) in [6, 6.07) is 0. The second-order valence-corrected chi connectivity index (χ2v) is 6.63. The third-order valence-electron chi connectivity index (χ3n) is 5.12. The summed E-state index contributed by atoms with van der Waals surface area (Å²) in [5.41, 5.74) is 5.72. The van der Waals surface area contributed by atoms with Crippen LogP contribution in [0, 0.1) is 11.8 Å². The molecule has 2 aliphatic rings. The van der Waals surface area contributed by atoms with Crippen LogP contribution in [0.25, 0.3) is 0 Å². The molecule has 0 spiro atoms. The normalized spacial score (nSPS) is 28.4. The largest absolute Gasteiger partial charge is 0.395 e. The Morgan fingerprint density at radius 1 is 1.05 bits per heavy atom. The zero-order valence-electron chi connectivity index (χ0n) is 13.2. The first kappa shape index (κ1) is 16.7. The third kappa shape index (κ3) is 5.24. The first-order valence-electron chi connectivity index (χ1n) is 8.54. The average molecular weight is 297 g/mol. The fourth-order valence-corrected chi connectivity index (χ4v) is 3.63. The van der Waals surface area contributed by atoms with Gasteiger partial charge in [0, 0.05) is 32.6 Å². The predicted molar refractivity (Wildman–Crippen MR) is 83.8 cm³/mol. The van der Waals surface area contributed by atoms with Gasteiger partial charge in [-0.3, -0.25) is 9.69 Å². The third-order valence-corrected chi connectivity index (χ3v) is 5.12. The Labute approximate surface area is 128 Å². The maximum Gasteiger partial charge on any atom is 0.222 e. The lowest BCUT2D eigenvalue weighted by Gasteiger charge is -2.29. The van der Waals surface area contributed by atoms with Gasteiger partial charge in [0.05, 0.1) is 6.61 Å². The summed E-state index contributed by atoms with van der Waals surface area (Å²) in [6.45, 7) is 5.31. The maximum atomic E-state index is 12.5. The number of hydrogen-bond acceptors (Lipinski definition) is 4. The topological polar surface area (TPSA) is 69.8 Å². The molecule has 5 heteroatoms. The fraction of sp³-hybridized carbons (Fsp3) is 0.938. The first-order valence-corrected chi connectivity index (χ1v) is 8.54. The van der Waals surface area contributed by atoms with E-state index in [1.807, 2.05) is 4.90 Å². The van der Waals surface area contributed by atoms with Crippen LogP contribution in [-0.4, -0.2) is 66.7 Å². The van der Waals surface area contributed by atoms with E-state index >= 15 is 0 Å². The van der Waals surface area contributed by atoms with E-state index in [1.54, 1.807) is 0 Å². The lowest BCUT2D eigenvalue weighted by Crippen LogP contribution is -2.37. The van der Waals surface area contributed by atoms with Crippen LogP contribution in [0.2, 0.25) is 0 Å². The van der Waals surface area contributed by atoms with Crippen LogP contribution in [0.1, 0.15) is 38.5 Å². The molecule has 0 atom stereocenters. The molecule has 2 fully saturated rings. The SMILES string of the molecule is NCC1CCC(CC(=O)N2CCCN(CCO)CC2)CC1. The average Bonchev–Trinajstić information content (AvgIpc) is 2.74. The Morgan fingerprint density at radius 2 is 1.76 bits per heavy atom. The molecule has 0 radical (unpaired) electrons. The Kier molecular flexibility index (Phi) is 6.93. The van der Waals surface area contributed by atoms with Crippen LogP contribution >= 0.6 is 0 Å². The molecule has 0 aromatic rings.